The van der Waals surface area contributed by atoms with Gasteiger partial charge in [0.15, 0.2) is 0 Å². The Morgan fingerprint density at radius 2 is 1.76 bits per heavy atom. The minimum atomic E-state index is 0.164. The summed E-state index contributed by atoms with van der Waals surface area (Å²) in [7, 11) is 0. The molecule has 0 bridgehead atoms. The van der Waals surface area contributed by atoms with Gasteiger partial charge in [-0.05, 0) is 18.6 Å². The lowest BCUT2D eigenvalue weighted by molar-refractivity contribution is 0.279. The Hall–Kier alpha value is -1.02. The summed E-state index contributed by atoms with van der Waals surface area (Å²) in [5, 5.41) is 0. The van der Waals surface area contributed by atoms with Crippen molar-refractivity contribution in [2.24, 2.45) is 5.73 Å². The first kappa shape index (κ1) is 14.0. The van der Waals surface area contributed by atoms with Gasteiger partial charge in [0.2, 0.25) is 0 Å². The van der Waals surface area contributed by atoms with Crippen LogP contribution in [-0.4, -0.2) is 12.6 Å². The standard InChI is InChI=1S/C15H25NO/c1-2-3-4-5-7-10-14(16)13-17-15-11-8-6-9-12-15/h6,8-9,11-12,14H,2-5,7,10,13,16H2,1H3. The molecule has 0 amide bonds. The van der Waals surface area contributed by atoms with Crippen LogP contribution < -0.4 is 10.5 Å². The third-order valence-electron chi connectivity index (χ3n) is 2.89. The number of rotatable bonds is 9. The van der Waals surface area contributed by atoms with Gasteiger partial charge in [-0.2, -0.15) is 0 Å². The molecule has 0 aliphatic carbocycles. The van der Waals surface area contributed by atoms with E-state index in [0.29, 0.717) is 6.61 Å². The highest BCUT2D eigenvalue weighted by atomic mass is 16.5. The Bertz CT molecular complexity index is 274. The number of nitrogens with two attached hydrogens (primary N) is 1. The Labute approximate surface area is 105 Å². The van der Waals surface area contributed by atoms with Gasteiger partial charge in [-0.25, -0.2) is 0 Å². The van der Waals surface area contributed by atoms with Crippen molar-refractivity contribution < 1.29 is 4.74 Å². The largest absolute Gasteiger partial charge is 0.492 e. The molecule has 1 atom stereocenters. The number of unbranched alkanes of at least 4 members (excludes halogenated alkanes) is 4. The van der Waals surface area contributed by atoms with Crippen LogP contribution in [0, 0.1) is 0 Å². The first-order valence-corrected chi connectivity index (χ1v) is 6.76. The van der Waals surface area contributed by atoms with E-state index >= 15 is 0 Å². The van der Waals surface area contributed by atoms with Crippen LogP contribution in [0.2, 0.25) is 0 Å². The molecule has 96 valence electrons. The van der Waals surface area contributed by atoms with Crippen molar-refractivity contribution in [3.8, 4) is 5.75 Å². The SMILES string of the molecule is CCCCCCCC(N)COc1ccccc1. The van der Waals surface area contributed by atoms with E-state index in [0.717, 1.165) is 12.2 Å². The zero-order valence-corrected chi connectivity index (χ0v) is 10.9. The van der Waals surface area contributed by atoms with Crippen LogP contribution >= 0.6 is 0 Å². The van der Waals surface area contributed by atoms with Crippen LogP contribution in [-0.2, 0) is 0 Å². The van der Waals surface area contributed by atoms with E-state index in [9.17, 15) is 0 Å². The molecule has 0 aliphatic heterocycles. The molecule has 2 heteroatoms. The highest BCUT2D eigenvalue weighted by Crippen LogP contribution is 2.10. The first-order chi connectivity index (χ1) is 8.33. The fourth-order valence-corrected chi connectivity index (χ4v) is 1.81. The minimum Gasteiger partial charge on any atom is -0.492 e. The molecule has 0 aromatic heterocycles. The molecule has 0 aliphatic rings. The van der Waals surface area contributed by atoms with Gasteiger partial charge < -0.3 is 10.5 Å². The second kappa shape index (κ2) is 9.06. The lowest BCUT2D eigenvalue weighted by Crippen LogP contribution is -2.27. The fraction of sp³-hybridized carbons (Fsp3) is 0.600. The molecule has 17 heavy (non-hydrogen) atoms. The normalized spacial score (nSPS) is 12.4. The molecule has 0 spiro atoms. The zero-order valence-electron chi connectivity index (χ0n) is 10.9. The number of benzene rings is 1. The van der Waals surface area contributed by atoms with Gasteiger partial charge in [-0.15, -0.1) is 0 Å². The summed E-state index contributed by atoms with van der Waals surface area (Å²) in [4.78, 5) is 0. The molecule has 1 unspecified atom stereocenters. The van der Waals surface area contributed by atoms with E-state index < -0.39 is 0 Å². The maximum Gasteiger partial charge on any atom is 0.119 e. The molecular weight excluding hydrogens is 210 g/mol. The van der Waals surface area contributed by atoms with Gasteiger partial charge in [0.1, 0.15) is 12.4 Å². The van der Waals surface area contributed by atoms with Crippen molar-refractivity contribution in [3.05, 3.63) is 30.3 Å². The Balaban J connectivity index is 2.03. The van der Waals surface area contributed by atoms with Gasteiger partial charge in [-0.1, -0.05) is 57.2 Å². The molecule has 0 fully saturated rings. The molecule has 1 rings (SSSR count). The quantitative estimate of drug-likeness (QED) is 0.661. The lowest BCUT2D eigenvalue weighted by Gasteiger charge is -2.12. The maximum absolute atomic E-state index is 6.01. The molecule has 1 aromatic rings. The molecular formula is C15H25NO. The van der Waals surface area contributed by atoms with Crippen LogP contribution in [0.25, 0.3) is 0 Å². The first-order valence-electron chi connectivity index (χ1n) is 6.76. The van der Waals surface area contributed by atoms with Crippen molar-refractivity contribution in [3.63, 3.8) is 0 Å². The van der Waals surface area contributed by atoms with Crippen LogP contribution in [0.15, 0.2) is 30.3 Å². The van der Waals surface area contributed by atoms with Gasteiger partial charge in [0, 0.05) is 6.04 Å². The maximum atomic E-state index is 6.01. The highest BCUT2D eigenvalue weighted by Gasteiger charge is 2.03. The van der Waals surface area contributed by atoms with Crippen LogP contribution in [0.5, 0.6) is 5.75 Å². The van der Waals surface area contributed by atoms with Crippen LogP contribution in [0.4, 0.5) is 0 Å². The Morgan fingerprint density at radius 1 is 1.06 bits per heavy atom. The summed E-state index contributed by atoms with van der Waals surface area (Å²) in [5.41, 5.74) is 6.01. The summed E-state index contributed by atoms with van der Waals surface area (Å²) in [6.07, 6.45) is 7.56. The van der Waals surface area contributed by atoms with Gasteiger partial charge in [-0.3, -0.25) is 0 Å². The van der Waals surface area contributed by atoms with E-state index in [1.165, 1.54) is 32.1 Å². The fourth-order valence-electron chi connectivity index (χ4n) is 1.81. The van der Waals surface area contributed by atoms with Crippen LogP contribution in [0.1, 0.15) is 45.4 Å². The molecule has 1 aromatic carbocycles. The van der Waals surface area contributed by atoms with E-state index in [-0.39, 0.29) is 6.04 Å². The van der Waals surface area contributed by atoms with Gasteiger partial charge in [0.25, 0.3) is 0 Å². The van der Waals surface area contributed by atoms with Crippen molar-refractivity contribution in [2.45, 2.75) is 51.5 Å². The summed E-state index contributed by atoms with van der Waals surface area (Å²) in [6, 6.07) is 10.0. The molecule has 2 nitrogen and oxygen atoms in total. The summed E-state index contributed by atoms with van der Waals surface area (Å²) >= 11 is 0. The molecule has 0 saturated heterocycles. The van der Waals surface area contributed by atoms with E-state index in [1.54, 1.807) is 0 Å². The van der Waals surface area contributed by atoms with E-state index in [4.69, 9.17) is 10.5 Å². The third-order valence-corrected chi connectivity index (χ3v) is 2.89. The average molecular weight is 235 g/mol. The number of para-hydroxylation sites is 1. The summed E-state index contributed by atoms with van der Waals surface area (Å²) in [6.45, 7) is 2.86. The molecule has 0 radical (unpaired) electrons. The predicted molar refractivity (Wildman–Crippen MR) is 73.3 cm³/mol. The van der Waals surface area contributed by atoms with Crippen molar-refractivity contribution in [2.75, 3.05) is 6.61 Å². The van der Waals surface area contributed by atoms with E-state index in [1.807, 2.05) is 30.3 Å². The van der Waals surface area contributed by atoms with E-state index in [2.05, 4.69) is 6.92 Å². The van der Waals surface area contributed by atoms with Gasteiger partial charge >= 0.3 is 0 Å². The Morgan fingerprint density at radius 3 is 2.47 bits per heavy atom. The molecule has 0 heterocycles. The minimum absolute atomic E-state index is 0.164. The topological polar surface area (TPSA) is 35.2 Å². The number of hydrogen-bond donors (Lipinski definition) is 1. The summed E-state index contributed by atoms with van der Waals surface area (Å²) < 4.78 is 5.62. The highest BCUT2D eigenvalue weighted by molar-refractivity contribution is 5.20. The third kappa shape index (κ3) is 7.01. The Kier molecular flexibility index (Phi) is 7.48. The lowest BCUT2D eigenvalue weighted by atomic mass is 10.1. The molecule has 0 saturated carbocycles. The van der Waals surface area contributed by atoms with Crippen molar-refractivity contribution >= 4 is 0 Å². The van der Waals surface area contributed by atoms with Crippen molar-refractivity contribution in [1.29, 1.82) is 0 Å². The smallest absolute Gasteiger partial charge is 0.119 e. The average Bonchev–Trinajstić information content (AvgIpc) is 2.37. The monoisotopic (exact) mass is 235 g/mol. The van der Waals surface area contributed by atoms with Crippen LogP contribution in [0.3, 0.4) is 0 Å². The predicted octanol–water partition coefficient (Wildman–Crippen LogP) is 3.75. The number of ether oxygens (including phenoxy) is 1. The second-order valence-corrected chi connectivity index (χ2v) is 4.59. The van der Waals surface area contributed by atoms with Crippen molar-refractivity contribution in [1.82, 2.24) is 0 Å². The molecule has 2 N–H and O–H groups in total. The van der Waals surface area contributed by atoms with Gasteiger partial charge in [0.05, 0.1) is 0 Å². The zero-order chi connectivity index (χ0) is 12.3. The summed E-state index contributed by atoms with van der Waals surface area (Å²) in [5.74, 6) is 0.911. The number of hydrogen-bond acceptors (Lipinski definition) is 2. The second-order valence-electron chi connectivity index (χ2n) is 4.59.